The molecule has 24 heavy (non-hydrogen) atoms. The lowest BCUT2D eigenvalue weighted by Crippen LogP contribution is -2.48. The quantitative estimate of drug-likeness (QED) is 0.866. The Morgan fingerprint density at radius 1 is 1.38 bits per heavy atom. The molecule has 1 fully saturated rings. The molecule has 7 heteroatoms. The molecule has 0 saturated carbocycles. The summed E-state index contributed by atoms with van der Waals surface area (Å²) in [7, 11) is 0. The van der Waals surface area contributed by atoms with Crippen molar-refractivity contribution in [1.29, 1.82) is 0 Å². The van der Waals surface area contributed by atoms with Crippen molar-refractivity contribution in [1.82, 2.24) is 25.4 Å². The second-order valence-electron chi connectivity index (χ2n) is 6.86. The van der Waals surface area contributed by atoms with Crippen LogP contribution in [-0.2, 0) is 11.3 Å². The van der Waals surface area contributed by atoms with Crippen molar-refractivity contribution in [3.63, 3.8) is 0 Å². The number of fused-ring (bicyclic) bond motifs is 1. The number of nitrogens with zero attached hydrogens (tertiary/aromatic N) is 3. The molecular formula is C17H29N5O2. The molecule has 2 aliphatic heterocycles. The number of aryl methyl sites for hydroxylation is 1. The van der Waals surface area contributed by atoms with E-state index in [1.165, 1.54) is 0 Å². The summed E-state index contributed by atoms with van der Waals surface area (Å²) in [5.41, 5.74) is 0. The van der Waals surface area contributed by atoms with E-state index in [1.54, 1.807) is 6.33 Å². The summed E-state index contributed by atoms with van der Waals surface area (Å²) < 4.78 is 7.81. The van der Waals surface area contributed by atoms with Crippen molar-refractivity contribution in [2.75, 3.05) is 6.61 Å². The SMILES string of the molecule is CCC(CC)C1CC(NC(=O)NC2CCCn3ncnc32)CCO1. The maximum atomic E-state index is 12.4. The number of urea groups is 1. The molecule has 3 rings (SSSR count). The van der Waals surface area contributed by atoms with Crippen LogP contribution in [0.25, 0.3) is 0 Å². The maximum absolute atomic E-state index is 12.4. The van der Waals surface area contributed by atoms with Crippen LogP contribution in [-0.4, -0.2) is 39.5 Å². The highest BCUT2D eigenvalue weighted by Gasteiger charge is 2.29. The molecule has 3 unspecified atom stereocenters. The molecular weight excluding hydrogens is 306 g/mol. The minimum Gasteiger partial charge on any atom is -0.378 e. The Hall–Kier alpha value is -1.63. The molecule has 0 bridgehead atoms. The third-order valence-corrected chi connectivity index (χ3v) is 5.35. The minimum absolute atomic E-state index is 0.0454. The zero-order valence-electron chi connectivity index (χ0n) is 14.7. The van der Waals surface area contributed by atoms with Gasteiger partial charge in [0.05, 0.1) is 12.1 Å². The molecule has 1 saturated heterocycles. The van der Waals surface area contributed by atoms with E-state index in [4.69, 9.17) is 4.74 Å². The Morgan fingerprint density at radius 2 is 2.21 bits per heavy atom. The second kappa shape index (κ2) is 7.96. The van der Waals surface area contributed by atoms with Crippen molar-refractivity contribution >= 4 is 6.03 Å². The van der Waals surface area contributed by atoms with E-state index in [0.29, 0.717) is 5.92 Å². The van der Waals surface area contributed by atoms with Gasteiger partial charge in [-0.25, -0.2) is 14.5 Å². The van der Waals surface area contributed by atoms with E-state index < -0.39 is 0 Å². The third-order valence-electron chi connectivity index (χ3n) is 5.35. The first-order chi connectivity index (χ1) is 11.7. The van der Waals surface area contributed by atoms with Crippen LogP contribution in [0.4, 0.5) is 4.79 Å². The number of hydrogen-bond acceptors (Lipinski definition) is 4. The summed E-state index contributed by atoms with van der Waals surface area (Å²) in [6.45, 7) is 6.02. The average molecular weight is 335 g/mol. The monoisotopic (exact) mass is 335 g/mol. The normalized spacial score (nSPS) is 26.9. The fourth-order valence-corrected chi connectivity index (χ4v) is 3.91. The fourth-order valence-electron chi connectivity index (χ4n) is 3.91. The molecule has 1 aromatic heterocycles. The zero-order chi connectivity index (χ0) is 16.9. The summed E-state index contributed by atoms with van der Waals surface area (Å²) in [4.78, 5) is 16.7. The number of hydrogen-bond donors (Lipinski definition) is 2. The van der Waals surface area contributed by atoms with Crippen LogP contribution in [0, 0.1) is 5.92 Å². The lowest BCUT2D eigenvalue weighted by molar-refractivity contribution is -0.0331. The van der Waals surface area contributed by atoms with E-state index in [1.807, 2.05) is 4.68 Å². The van der Waals surface area contributed by atoms with Crippen molar-refractivity contribution in [3.05, 3.63) is 12.2 Å². The standard InChI is InChI=1S/C17H29N5O2/c1-3-12(4-2)15-10-13(7-9-24-15)20-17(23)21-14-6-5-8-22-16(14)18-11-19-22/h11-15H,3-10H2,1-2H3,(H2,20,21,23). The number of rotatable bonds is 5. The number of amides is 2. The van der Waals surface area contributed by atoms with Crippen molar-refractivity contribution in [2.45, 2.75) is 77.1 Å². The van der Waals surface area contributed by atoms with Gasteiger partial charge in [-0.2, -0.15) is 5.10 Å². The summed E-state index contributed by atoms with van der Waals surface area (Å²) in [5, 5.41) is 10.4. The van der Waals surface area contributed by atoms with Gasteiger partial charge in [-0.3, -0.25) is 0 Å². The highest BCUT2D eigenvalue weighted by atomic mass is 16.5. The molecule has 0 spiro atoms. The molecule has 3 atom stereocenters. The zero-order valence-corrected chi connectivity index (χ0v) is 14.7. The second-order valence-corrected chi connectivity index (χ2v) is 6.86. The largest absolute Gasteiger partial charge is 0.378 e. The fraction of sp³-hybridized carbons (Fsp3) is 0.824. The van der Waals surface area contributed by atoms with Gasteiger partial charge in [-0.05, 0) is 31.6 Å². The summed E-state index contributed by atoms with van der Waals surface area (Å²) in [5.74, 6) is 1.44. The van der Waals surface area contributed by atoms with E-state index in [9.17, 15) is 4.79 Å². The Kier molecular flexibility index (Phi) is 5.71. The topological polar surface area (TPSA) is 81.1 Å². The number of ether oxygens (including phenoxy) is 1. The van der Waals surface area contributed by atoms with Gasteiger partial charge in [0.25, 0.3) is 0 Å². The highest BCUT2D eigenvalue weighted by molar-refractivity contribution is 5.74. The average Bonchev–Trinajstić information content (AvgIpc) is 3.06. The molecule has 2 amide bonds. The molecule has 3 heterocycles. The Balaban J connectivity index is 1.52. The first-order valence-electron chi connectivity index (χ1n) is 9.27. The molecule has 0 aliphatic carbocycles. The predicted molar refractivity (Wildman–Crippen MR) is 90.5 cm³/mol. The molecule has 1 aromatic rings. The van der Waals surface area contributed by atoms with Crippen LogP contribution < -0.4 is 10.6 Å². The molecule has 2 N–H and O–H groups in total. The van der Waals surface area contributed by atoms with Gasteiger partial charge in [0.1, 0.15) is 12.2 Å². The lowest BCUT2D eigenvalue weighted by atomic mass is 9.89. The predicted octanol–water partition coefficient (Wildman–Crippen LogP) is 2.40. The number of carbonyl (C=O) groups is 1. The van der Waals surface area contributed by atoms with Gasteiger partial charge >= 0.3 is 6.03 Å². The first kappa shape index (κ1) is 17.2. The molecule has 0 radical (unpaired) electrons. The van der Waals surface area contributed by atoms with Gasteiger partial charge in [-0.1, -0.05) is 26.7 Å². The van der Waals surface area contributed by atoms with Crippen molar-refractivity contribution in [2.24, 2.45) is 5.92 Å². The third kappa shape index (κ3) is 3.88. The van der Waals surface area contributed by atoms with Gasteiger partial charge in [-0.15, -0.1) is 0 Å². The van der Waals surface area contributed by atoms with Crippen molar-refractivity contribution in [3.8, 4) is 0 Å². The summed E-state index contributed by atoms with van der Waals surface area (Å²) >= 11 is 0. The molecule has 7 nitrogen and oxygen atoms in total. The number of nitrogens with one attached hydrogen (secondary N) is 2. The minimum atomic E-state index is -0.105. The van der Waals surface area contributed by atoms with Gasteiger partial charge < -0.3 is 15.4 Å². The molecule has 0 aromatic carbocycles. The molecule has 134 valence electrons. The van der Waals surface area contributed by atoms with E-state index in [-0.39, 0.29) is 24.2 Å². The van der Waals surface area contributed by atoms with E-state index >= 15 is 0 Å². The highest BCUT2D eigenvalue weighted by Crippen LogP contribution is 2.25. The maximum Gasteiger partial charge on any atom is 0.315 e. The number of aromatic nitrogens is 3. The van der Waals surface area contributed by atoms with Gasteiger partial charge in [0.15, 0.2) is 0 Å². The molecule has 2 aliphatic rings. The number of carbonyl (C=O) groups excluding carboxylic acids is 1. The smallest absolute Gasteiger partial charge is 0.315 e. The Morgan fingerprint density at radius 3 is 3.00 bits per heavy atom. The van der Waals surface area contributed by atoms with E-state index in [2.05, 4.69) is 34.6 Å². The van der Waals surface area contributed by atoms with Crippen LogP contribution in [0.5, 0.6) is 0 Å². The first-order valence-corrected chi connectivity index (χ1v) is 9.27. The Bertz CT molecular complexity index is 543. The summed E-state index contributed by atoms with van der Waals surface area (Å²) in [6, 6.07) is 0.0355. The van der Waals surface area contributed by atoms with Crippen molar-refractivity contribution < 1.29 is 9.53 Å². The van der Waals surface area contributed by atoms with Gasteiger partial charge in [0.2, 0.25) is 0 Å². The summed E-state index contributed by atoms with van der Waals surface area (Å²) in [6.07, 6.45) is 7.77. The lowest BCUT2D eigenvalue weighted by Gasteiger charge is -2.34. The van der Waals surface area contributed by atoms with Crippen LogP contribution >= 0.6 is 0 Å². The van der Waals surface area contributed by atoms with Crippen LogP contribution in [0.2, 0.25) is 0 Å². The van der Waals surface area contributed by atoms with Crippen LogP contribution in [0.1, 0.15) is 64.2 Å². The Labute approximate surface area is 143 Å². The van der Waals surface area contributed by atoms with Crippen LogP contribution in [0.3, 0.4) is 0 Å². The van der Waals surface area contributed by atoms with E-state index in [0.717, 1.165) is 57.5 Å². The van der Waals surface area contributed by atoms with Crippen LogP contribution in [0.15, 0.2) is 6.33 Å². The van der Waals surface area contributed by atoms with Gasteiger partial charge in [0, 0.05) is 19.2 Å².